The van der Waals surface area contributed by atoms with Crippen LogP contribution < -0.4 is 0 Å². The molecular formula is C25H41N4O16PS3. The molecule has 1 saturated heterocycles. The average molecular weight is 781 g/mol. The highest BCUT2D eigenvalue weighted by atomic mass is 32.2. The highest BCUT2D eigenvalue weighted by Crippen LogP contribution is 2.64. The molecule has 3 rings (SSSR count). The zero-order valence-electron chi connectivity index (χ0n) is 27.9. The molecule has 1 fully saturated rings. The van der Waals surface area contributed by atoms with Crippen LogP contribution in [0.1, 0.15) is 40.5 Å². The lowest BCUT2D eigenvalue weighted by Crippen LogP contribution is -2.45. The van der Waals surface area contributed by atoms with E-state index >= 15 is 0 Å². The zero-order valence-corrected chi connectivity index (χ0v) is 31.2. The van der Waals surface area contributed by atoms with Crippen molar-refractivity contribution in [1.82, 2.24) is 4.67 Å². The number of fused-ring (bicyclic) bond motifs is 1. The van der Waals surface area contributed by atoms with Gasteiger partial charge in [0.05, 0.1) is 69.4 Å². The molecule has 0 aromatic heterocycles. The SMILES string of the molecule is CCOC(=O)C1=C[C@H](N=[N+]=[N-])[C@@H](OS(C)(=O)=O)[C@H](OS(C)(=O)=O)C1.CCOC(=O)C1=C[C@H]2[C@@H]([C@H](OS(C)(=O)=O)C1)N2P(=O)(OCC)OCC. The first-order chi connectivity index (χ1) is 22.6. The Morgan fingerprint density at radius 2 is 1.24 bits per heavy atom. The molecule has 1 unspecified atom stereocenters. The molecule has 49 heavy (non-hydrogen) atoms. The summed E-state index contributed by atoms with van der Waals surface area (Å²) >= 11 is 0. The Labute approximate surface area is 285 Å². The highest BCUT2D eigenvalue weighted by molar-refractivity contribution is 7.86. The molecule has 7 atom stereocenters. The predicted molar refractivity (Wildman–Crippen MR) is 171 cm³/mol. The van der Waals surface area contributed by atoms with Gasteiger partial charge in [0.2, 0.25) is 0 Å². The Kier molecular flexibility index (Phi) is 15.4. The van der Waals surface area contributed by atoms with Crippen LogP contribution in [0.5, 0.6) is 0 Å². The monoisotopic (exact) mass is 780 g/mol. The summed E-state index contributed by atoms with van der Waals surface area (Å²) in [6.45, 7) is 7.22. The number of esters is 2. The second kappa shape index (κ2) is 17.7. The zero-order chi connectivity index (χ0) is 37.4. The fourth-order valence-electron chi connectivity index (χ4n) is 5.04. The number of hydrogen-bond donors (Lipinski definition) is 0. The summed E-state index contributed by atoms with van der Waals surface area (Å²) in [6, 6.07) is -2.25. The van der Waals surface area contributed by atoms with Gasteiger partial charge in [-0.05, 0) is 33.2 Å². The van der Waals surface area contributed by atoms with Crippen molar-refractivity contribution in [2.75, 3.05) is 45.2 Å². The molecule has 0 spiro atoms. The van der Waals surface area contributed by atoms with Crippen molar-refractivity contribution in [3.05, 3.63) is 33.7 Å². The van der Waals surface area contributed by atoms with Crippen LogP contribution >= 0.6 is 7.75 Å². The summed E-state index contributed by atoms with van der Waals surface area (Å²) in [6.07, 6.45) is 1.31. The van der Waals surface area contributed by atoms with Crippen molar-refractivity contribution in [3.63, 3.8) is 0 Å². The lowest BCUT2D eigenvalue weighted by molar-refractivity contribution is -0.140. The Morgan fingerprint density at radius 3 is 1.67 bits per heavy atom. The number of azide groups is 1. The maximum Gasteiger partial charge on any atom is 0.409 e. The smallest absolute Gasteiger partial charge is 0.409 e. The largest absolute Gasteiger partial charge is 0.463 e. The van der Waals surface area contributed by atoms with E-state index in [0.29, 0.717) is 5.57 Å². The molecule has 1 heterocycles. The highest BCUT2D eigenvalue weighted by Gasteiger charge is 2.64. The van der Waals surface area contributed by atoms with Crippen LogP contribution in [0.15, 0.2) is 28.4 Å². The molecule has 0 N–H and O–H groups in total. The summed E-state index contributed by atoms with van der Waals surface area (Å²) in [7, 11) is -15.4. The standard InChI is InChI=1S/C14H24NO8PS.C11H17N3O8S2/c1-5-20-14(16)10-8-11-13(12(9-10)23-25(4,18)19)15(11)24(17,21-6-2)22-7-3;1-4-20-11(15)7-5-8(13-14-12)10(22-24(3,18)19)9(6-7)21-23(2,16)17/h8,11-13H,5-7,9H2,1-4H3;5,8-10H,4,6H2,1-3H3/t11-,12+,13-,15?;8-,9+,10+/m00/s1. The van der Waals surface area contributed by atoms with Crippen LogP contribution in [0.4, 0.5) is 0 Å². The first-order valence-electron chi connectivity index (χ1n) is 14.8. The van der Waals surface area contributed by atoms with Crippen LogP contribution in [0.25, 0.3) is 10.4 Å². The van der Waals surface area contributed by atoms with E-state index in [1.807, 2.05) is 0 Å². The van der Waals surface area contributed by atoms with Gasteiger partial charge in [-0.3, -0.25) is 21.6 Å². The number of rotatable bonds is 16. The van der Waals surface area contributed by atoms with Crippen molar-refractivity contribution in [1.29, 1.82) is 0 Å². The van der Waals surface area contributed by atoms with Crippen molar-refractivity contribution in [3.8, 4) is 0 Å². The van der Waals surface area contributed by atoms with Gasteiger partial charge in [-0.2, -0.15) is 29.9 Å². The number of nitrogens with zero attached hydrogens (tertiary/aromatic N) is 4. The van der Waals surface area contributed by atoms with E-state index in [2.05, 4.69) is 10.0 Å². The molecule has 0 amide bonds. The minimum atomic E-state index is -4.01. The predicted octanol–water partition coefficient (Wildman–Crippen LogP) is 1.71. The molecule has 1 aliphatic heterocycles. The third-order valence-corrected chi connectivity index (χ3v) is 10.6. The van der Waals surface area contributed by atoms with E-state index < -0.39 is 86.5 Å². The molecule has 0 bridgehead atoms. The van der Waals surface area contributed by atoms with E-state index in [1.165, 1.54) is 10.7 Å². The van der Waals surface area contributed by atoms with Crippen molar-refractivity contribution in [2.24, 2.45) is 5.11 Å². The minimum Gasteiger partial charge on any atom is -0.463 e. The molecule has 0 radical (unpaired) electrons. The van der Waals surface area contributed by atoms with Crippen molar-refractivity contribution >= 4 is 50.0 Å². The first-order valence-corrected chi connectivity index (χ1v) is 21.7. The van der Waals surface area contributed by atoms with Crippen LogP contribution in [0.2, 0.25) is 0 Å². The number of ether oxygens (including phenoxy) is 2. The van der Waals surface area contributed by atoms with E-state index in [9.17, 15) is 39.4 Å². The summed E-state index contributed by atoms with van der Waals surface area (Å²) in [5.74, 6) is -1.30. The van der Waals surface area contributed by atoms with Gasteiger partial charge in [-0.1, -0.05) is 17.3 Å². The summed E-state index contributed by atoms with van der Waals surface area (Å²) < 4.78 is 118. The number of carbonyl (C=O) groups is 2. The lowest BCUT2D eigenvalue weighted by Gasteiger charge is -2.32. The van der Waals surface area contributed by atoms with Gasteiger partial charge in [0.15, 0.2) is 0 Å². The molecule has 3 aliphatic rings. The summed E-state index contributed by atoms with van der Waals surface area (Å²) in [4.78, 5) is 26.5. The van der Waals surface area contributed by atoms with Crippen molar-refractivity contribution < 1.29 is 70.5 Å². The van der Waals surface area contributed by atoms with Crippen molar-refractivity contribution in [2.45, 2.75) is 77.0 Å². The van der Waals surface area contributed by atoms with E-state index in [0.717, 1.165) is 18.8 Å². The van der Waals surface area contributed by atoms with Crippen LogP contribution in [0, 0.1) is 0 Å². The minimum absolute atomic E-state index is 0.00347. The second-order valence-corrected chi connectivity index (χ2v) is 17.3. The van der Waals surface area contributed by atoms with Gasteiger partial charge in [0.25, 0.3) is 30.4 Å². The molecule has 24 heteroatoms. The third kappa shape index (κ3) is 13.0. The summed E-state index contributed by atoms with van der Waals surface area (Å²) in [5.41, 5.74) is 8.92. The summed E-state index contributed by atoms with van der Waals surface area (Å²) in [5, 5.41) is 3.35. The average Bonchev–Trinajstić information content (AvgIpc) is 3.69. The molecule has 0 aromatic carbocycles. The van der Waals surface area contributed by atoms with E-state index in [4.69, 9.17) is 36.6 Å². The lowest BCUT2D eigenvalue weighted by atomic mass is 9.91. The van der Waals surface area contributed by atoms with Crippen LogP contribution in [-0.2, 0) is 75.6 Å². The van der Waals surface area contributed by atoms with Gasteiger partial charge in [0, 0.05) is 28.9 Å². The maximum absolute atomic E-state index is 13.0. The van der Waals surface area contributed by atoms with Crippen LogP contribution in [0.3, 0.4) is 0 Å². The third-order valence-electron chi connectivity index (χ3n) is 6.55. The van der Waals surface area contributed by atoms with Gasteiger partial charge >= 0.3 is 19.7 Å². The Bertz CT molecular complexity index is 1700. The molecule has 20 nitrogen and oxygen atoms in total. The van der Waals surface area contributed by atoms with Crippen LogP contribution in [-0.4, -0.2) is 123 Å². The number of carbonyl (C=O) groups excluding carboxylic acids is 2. The molecular weight excluding hydrogens is 739 g/mol. The molecule has 0 aromatic rings. The Balaban J connectivity index is 0.000000341. The molecule has 0 saturated carbocycles. The van der Waals surface area contributed by atoms with E-state index in [1.54, 1.807) is 33.8 Å². The Morgan fingerprint density at radius 1 is 0.796 bits per heavy atom. The van der Waals surface area contributed by atoms with E-state index in [-0.39, 0.29) is 44.8 Å². The fourth-order valence-corrected chi connectivity index (χ4v) is 9.01. The fraction of sp³-hybridized carbons (Fsp3) is 0.760. The van der Waals surface area contributed by atoms with Gasteiger partial charge < -0.3 is 9.47 Å². The number of hydrogen-bond acceptors (Lipinski definition) is 17. The van der Waals surface area contributed by atoms with Gasteiger partial charge in [0.1, 0.15) is 12.2 Å². The molecule has 280 valence electrons. The molecule has 2 aliphatic carbocycles. The topological polar surface area (TPSA) is 270 Å². The Hall–Kier alpha value is -2.43. The quantitative estimate of drug-likeness (QED) is 0.0410. The normalized spacial score (nSPS) is 26.8. The second-order valence-electron chi connectivity index (χ2n) is 10.5. The maximum atomic E-state index is 13.0. The van der Waals surface area contributed by atoms with Gasteiger partial charge in [-0.15, -0.1) is 0 Å². The van der Waals surface area contributed by atoms with Gasteiger partial charge in [-0.25, -0.2) is 14.2 Å². The first kappa shape index (κ1) is 42.7.